The number of furan rings is 1. The van der Waals surface area contributed by atoms with Crippen molar-refractivity contribution in [1.29, 1.82) is 0 Å². The quantitative estimate of drug-likeness (QED) is 0.196. The molecule has 1 aromatic heterocycles. The third-order valence-corrected chi connectivity index (χ3v) is 7.93. The molecule has 0 amide bonds. The van der Waals surface area contributed by atoms with Gasteiger partial charge in [0.15, 0.2) is 0 Å². The van der Waals surface area contributed by atoms with Gasteiger partial charge in [-0.15, -0.1) is 0 Å². The van der Waals surface area contributed by atoms with Gasteiger partial charge in [-0.3, -0.25) is 0 Å². The fourth-order valence-corrected chi connectivity index (χ4v) is 6.14. The molecule has 0 saturated heterocycles. The first-order valence-electron chi connectivity index (χ1n) is 20.2. The highest BCUT2D eigenvalue weighted by molar-refractivity contribution is 6.27. The van der Waals surface area contributed by atoms with Gasteiger partial charge in [-0.25, -0.2) is 0 Å². The normalized spacial score (nSPS) is 16.0. The predicted molar refractivity (Wildman–Crippen MR) is 183 cm³/mol. The standard InChI is InChI=1S/C42H26O/c1-2-13-27(14-3-1)29-16-6-7-18-31(29)39-32-19-8-10-21-34(32)40(35-22-11-9-20-33(35)39)36-23-12-24-38-41(36)37-26-25-28-15-4-5-17-30(28)42(37)43-38/h1-26H/i4D,5D,6D,7D,12D,15D,16D,17D,18D,23D,24D,25D,26D. The first-order chi connectivity index (χ1) is 26.8. The largest absolute Gasteiger partial charge is 0.455 e. The lowest BCUT2D eigenvalue weighted by atomic mass is 9.83. The van der Waals surface area contributed by atoms with E-state index in [-0.39, 0.29) is 68.0 Å². The monoisotopic (exact) mass is 559 g/mol. The Morgan fingerprint density at radius 2 is 1.00 bits per heavy atom. The minimum Gasteiger partial charge on any atom is -0.455 e. The van der Waals surface area contributed by atoms with Crippen molar-refractivity contribution < 1.29 is 22.2 Å². The van der Waals surface area contributed by atoms with Gasteiger partial charge in [0.2, 0.25) is 0 Å². The van der Waals surface area contributed by atoms with Crippen molar-refractivity contribution in [2.75, 3.05) is 0 Å². The zero-order valence-corrected chi connectivity index (χ0v) is 22.4. The van der Waals surface area contributed by atoms with E-state index in [2.05, 4.69) is 0 Å². The molecule has 8 aromatic carbocycles. The van der Waals surface area contributed by atoms with E-state index in [1.54, 1.807) is 60.7 Å². The van der Waals surface area contributed by atoms with E-state index >= 15 is 0 Å². The van der Waals surface area contributed by atoms with Gasteiger partial charge >= 0.3 is 0 Å². The Labute approximate surface area is 267 Å². The van der Waals surface area contributed by atoms with Crippen LogP contribution < -0.4 is 0 Å². The highest BCUT2D eigenvalue weighted by Crippen LogP contribution is 2.48. The van der Waals surface area contributed by atoms with Crippen LogP contribution in [0.1, 0.15) is 17.8 Å². The van der Waals surface area contributed by atoms with Gasteiger partial charge < -0.3 is 4.42 Å². The minimum atomic E-state index is -0.577. The summed E-state index contributed by atoms with van der Waals surface area (Å²) in [7, 11) is 0. The molecule has 0 bridgehead atoms. The maximum absolute atomic E-state index is 9.44. The summed E-state index contributed by atoms with van der Waals surface area (Å²) >= 11 is 0. The van der Waals surface area contributed by atoms with E-state index in [4.69, 9.17) is 18.1 Å². The molecule has 0 aliphatic carbocycles. The second-order valence-corrected chi connectivity index (χ2v) is 10.2. The van der Waals surface area contributed by atoms with Crippen molar-refractivity contribution in [2.45, 2.75) is 0 Å². The molecule has 1 heteroatoms. The average Bonchev–Trinajstić information content (AvgIpc) is 3.61. The zero-order valence-electron chi connectivity index (χ0n) is 35.4. The Balaban J connectivity index is 1.53. The van der Waals surface area contributed by atoms with Gasteiger partial charge in [-0.05, 0) is 72.4 Å². The van der Waals surface area contributed by atoms with Crippen LogP contribution in [0.25, 0.3) is 87.6 Å². The molecule has 0 unspecified atom stereocenters. The van der Waals surface area contributed by atoms with Gasteiger partial charge in [-0.2, -0.15) is 0 Å². The molecule has 43 heavy (non-hydrogen) atoms. The Morgan fingerprint density at radius 3 is 1.72 bits per heavy atom. The molecular formula is C42H26O. The predicted octanol–water partition coefficient (Wildman–Crippen LogP) is 12.0. The van der Waals surface area contributed by atoms with Crippen LogP contribution >= 0.6 is 0 Å². The molecule has 1 nitrogen and oxygen atoms in total. The number of rotatable bonds is 3. The molecule has 0 atom stereocenters. The lowest BCUT2D eigenvalue weighted by Crippen LogP contribution is -1.93. The highest BCUT2D eigenvalue weighted by atomic mass is 16.3. The van der Waals surface area contributed by atoms with E-state index in [0.29, 0.717) is 43.8 Å². The molecule has 0 fully saturated rings. The van der Waals surface area contributed by atoms with E-state index in [1.807, 2.05) is 18.2 Å². The summed E-state index contributed by atoms with van der Waals surface area (Å²) < 4.78 is 122. The van der Waals surface area contributed by atoms with Crippen molar-refractivity contribution in [3.05, 3.63) is 157 Å². The van der Waals surface area contributed by atoms with Gasteiger partial charge in [0.05, 0.1) is 17.8 Å². The van der Waals surface area contributed by atoms with Crippen LogP contribution in [0.15, 0.2) is 162 Å². The fourth-order valence-electron chi connectivity index (χ4n) is 6.14. The number of hydrogen-bond acceptors (Lipinski definition) is 1. The first kappa shape index (κ1) is 14.5. The molecule has 0 radical (unpaired) electrons. The first-order valence-corrected chi connectivity index (χ1v) is 13.7. The molecule has 1 heterocycles. The van der Waals surface area contributed by atoms with Gasteiger partial charge in [0.1, 0.15) is 11.2 Å². The van der Waals surface area contributed by atoms with Crippen LogP contribution in [0.5, 0.6) is 0 Å². The molecule has 0 saturated carbocycles. The van der Waals surface area contributed by atoms with Crippen molar-refractivity contribution in [3.8, 4) is 33.4 Å². The molecule has 0 aliphatic heterocycles. The Hall–Kier alpha value is -5.66. The summed E-state index contributed by atoms with van der Waals surface area (Å²) in [6.07, 6.45) is 0. The summed E-state index contributed by atoms with van der Waals surface area (Å²) in [6.45, 7) is 0. The van der Waals surface area contributed by atoms with E-state index in [9.17, 15) is 4.11 Å². The summed E-state index contributed by atoms with van der Waals surface area (Å²) in [4.78, 5) is 0. The maximum atomic E-state index is 9.44. The molecular weight excluding hydrogens is 520 g/mol. The topological polar surface area (TPSA) is 13.1 Å². The SMILES string of the molecule is [2H]c1c([2H])c([2H])c(-c2c3ccccc3c(-c3c([2H])c([2H])c([2H])c4oc5c6c([2H])c([2H])c([2H])c([2H])c6c([2H])c([2H])c5c34)c3ccccc23)c(-c2ccccc2)c1[2H]. The third-order valence-electron chi connectivity index (χ3n) is 7.93. The van der Waals surface area contributed by atoms with Crippen LogP contribution in [0.4, 0.5) is 0 Å². The Kier molecular flexibility index (Phi) is 3.18. The minimum absolute atomic E-state index is 0.0414. The number of benzene rings is 8. The fraction of sp³-hybridized carbons (Fsp3) is 0. The summed E-state index contributed by atoms with van der Waals surface area (Å²) in [5.74, 6) is 0. The van der Waals surface area contributed by atoms with Crippen molar-refractivity contribution >= 4 is 54.3 Å². The highest BCUT2D eigenvalue weighted by Gasteiger charge is 2.21. The van der Waals surface area contributed by atoms with Gasteiger partial charge in [0.25, 0.3) is 0 Å². The van der Waals surface area contributed by atoms with Crippen LogP contribution in [0, 0.1) is 0 Å². The second-order valence-electron chi connectivity index (χ2n) is 10.2. The van der Waals surface area contributed by atoms with Crippen molar-refractivity contribution in [2.24, 2.45) is 0 Å². The molecule has 0 N–H and O–H groups in total. The summed E-state index contributed by atoms with van der Waals surface area (Å²) in [5, 5.41) is 1.80. The zero-order chi connectivity index (χ0) is 39.6. The average molecular weight is 560 g/mol. The maximum Gasteiger partial charge on any atom is 0.143 e. The van der Waals surface area contributed by atoms with Crippen LogP contribution in [0.2, 0.25) is 0 Å². The van der Waals surface area contributed by atoms with Gasteiger partial charge in [-0.1, -0.05) is 145 Å². The lowest BCUT2D eigenvalue weighted by Gasteiger charge is -2.20. The number of hydrogen-bond donors (Lipinski definition) is 0. The Bertz CT molecular complexity index is 3170. The van der Waals surface area contributed by atoms with E-state index in [1.165, 1.54) is 0 Å². The molecule has 9 aromatic rings. The van der Waals surface area contributed by atoms with Crippen LogP contribution in [-0.4, -0.2) is 0 Å². The second kappa shape index (κ2) is 9.44. The van der Waals surface area contributed by atoms with Crippen LogP contribution in [0.3, 0.4) is 0 Å². The van der Waals surface area contributed by atoms with Gasteiger partial charge in [0, 0.05) is 16.2 Å². The Morgan fingerprint density at radius 1 is 0.419 bits per heavy atom. The van der Waals surface area contributed by atoms with E-state index in [0.717, 1.165) is 0 Å². The van der Waals surface area contributed by atoms with Crippen LogP contribution in [-0.2, 0) is 0 Å². The van der Waals surface area contributed by atoms with E-state index < -0.39 is 54.4 Å². The van der Waals surface area contributed by atoms with Crippen molar-refractivity contribution in [3.63, 3.8) is 0 Å². The smallest absolute Gasteiger partial charge is 0.143 e. The molecule has 0 aliphatic rings. The lowest BCUT2D eigenvalue weighted by molar-refractivity contribution is 0.673. The summed E-state index contributed by atoms with van der Waals surface area (Å²) in [6, 6.07) is 17.6. The third kappa shape index (κ3) is 3.58. The summed E-state index contributed by atoms with van der Waals surface area (Å²) in [5.41, 5.74) is 1.81. The molecule has 200 valence electrons. The molecule has 0 spiro atoms. The molecule has 9 rings (SSSR count). The van der Waals surface area contributed by atoms with Crippen molar-refractivity contribution in [1.82, 2.24) is 0 Å². The number of fused-ring (bicyclic) bond motifs is 7.